The summed E-state index contributed by atoms with van der Waals surface area (Å²) in [4.78, 5) is 2.42. The lowest BCUT2D eigenvalue weighted by Gasteiger charge is -2.29. The zero-order valence-corrected chi connectivity index (χ0v) is 20.7. The number of fused-ring (bicyclic) bond motifs is 1. The van der Waals surface area contributed by atoms with Gasteiger partial charge < -0.3 is 19.7 Å². The van der Waals surface area contributed by atoms with Crippen LogP contribution in [-0.4, -0.2) is 40.9 Å². The SMILES string of the molecule is C[C@@H]1CCN([C@@H](C)COc2ccc(C3Oc4ccc(O)cc4C=C3Cc3cccc(O)c3)c(F)c2)C1. The molecule has 0 aliphatic carbocycles. The molecule has 0 amide bonds. The Morgan fingerprint density at radius 1 is 1.08 bits per heavy atom. The van der Waals surface area contributed by atoms with E-state index in [1.54, 1.807) is 48.5 Å². The molecule has 0 radical (unpaired) electrons. The molecule has 5 rings (SSSR count). The zero-order valence-electron chi connectivity index (χ0n) is 20.7. The van der Waals surface area contributed by atoms with Gasteiger partial charge in [-0.1, -0.05) is 19.1 Å². The summed E-state index contributed by atoms with van der Waals surface area (Å²) in [7, 11) is 0. The number of benzene rings is 3. The minimum atomic E-state index is -0.650. The fourth-order valence-electron chi connectivity index (χ4n) is 5.05. The van der Waals surface area contributed by atoms with Crippen molar-refractivity contribution in [2.75, 3.05) is 19.7 Å². The van der Waals surface area contributed by atoms with Crippen LogP contribution in [0, 0.1) is 11.7 Å². The number of phenolic OH excluding ortho intramolecular Hbond substituents is 2. The van der Waals surface area contributed by atoms with Gasteiger partial charge >= 0.3 is 0 Å². The van der Waals surface area contributed by atoms with Crippen LogP contribution >= 0.6 is 0 Å². The minimum Gasteiger partial charge on any atom is -0.508 e. The third-order valence-electron chi connectivity index (χ3n) is 7.06. The first kappa shape index (κ1) is 24.2. The molecule has 0 bridgehead atoms. The van der Waals surface area contributed by atoms with Crippen molar-refractivity contribution in [1.82, 2.24) is 4.90 Å². The molecule has 2 aliphatic heterocycles. The molecule has 2 N–H and O–H groups in total. The number of aromatic hydroxyl groups is 2. The number of hydrogen-bond donors (Lipinski definition) is 2. The molecule has 188 valence electrons. The van der Waals surface area contributed by atoms with Crippen molar-refractivity contribution < 1.29 is 24.1 Å². The van der Waals surface area contributed by atoms with Gasteiger partial charge in [0.25, 0.3) is 0 Å². The van der Waals surface area contributed by atoms with Crippen molar-refractivity contribution in [3.05, 3.63) is 88.7 Å². The van der Waals surface area contributed by atoms with E-state index in [0.717, 1.165) is 29.8 Å². The van der Waals surface area contributed by atoms with Gasteiger partial charge in [-0.05, 0) is 91.9 Å². The maximum Gasteiger partial charge on any atom is 0.148 e. The molecule has 3 aromatic carbocycles. The largest absolute Gasteiger partial charge is 0.508 e. The normalized spacial score (nSPS) is 20.4. The Labute approximate surface area is 211 Å². The molecule has 5 nitrogen and oxygen atoms in total. The molecule has 3 aromatic rings. The number of likely N-dealkylation sites (tertiary alicyclic amines) is 1. The summed E-state index contributed by atoms with van der Waals surface area (Å²) >= 11 is 0. The molecule has 0 spiro atoms. The summed E-state index contributed by atoms with van der Waals surface area (Å²) in [5.41, 5.74) is 2.84. The predicted molar refractivity (Wildman–Crippen MR) is 138 cm³/mol. The molecule has 36 heavy (non-hydrogen) atoms. The van der Waals surface area contributed by atoms with Crippen LogP contribution < -0.4 is 9.47 Å². The second-order valence-corrected chi connectivity index (χ2v) is 10.0. The number of hydrogen-bond acceptors (Lipinski definition) is 5. The average Bonchev–Trinajstić information content (AvgIpc) is 3.29. The second kappa shape index (κ2) is 10.2. The molecule has 0 saturated carbocycles. The van der Waals surface area contributed by atoms with Crippen LogP contribution in [0.2, 0.25) is 0 Å². The third kappa shape index (κ3) is 5.34. The summed E-state index contributed by atoms with van der Waals surface area (Å²) < 4.78 is 27.7. The van der Waals surface area contributed by atoms with Gasteiger partial charge in [0.05, 0.1) is 0 Å². The smallest absolute Gasteiger partial charge is 0.148 e. The van der Waals surface area contributed by atoms with Crippen LogP contribution in [0.1, 0.15) is 43.1 Å². The zero-order chi connectivity index (χ0) is 25.2. The number of ether oxygens (including phenoxy) is 2. The van der Waals surface area contributed by atoms with Crippen LogP contribution in [0.15, 0.2) is 66.2 Å². The van der Waals surface area contributed by atoms with E-state index in [-0.39, 0.29) is 17.5 Å². The Balaban J connectivity index is 1.37. The van der Waals surface area contributed by atoms with Crippen molar-refractivity contribution in [2.45, 2.75) is 38.8 Å². The lowest BCUT2D eigenvalue weighted by Crippen LogP contribution is -2.35. The molecule has 1 unspecified atom stereocenters. The van der Waals surface area contributed by atoms with Gasteiger partial charge in [0.1, 0.15) is 41.5 Å². The maximum atomic E-state index is 15.4. The fourth-order valence-corrected chi connectivity index (χ4v) is 5.05. The topological polar surface area (TPSA) is 62.2 Å². The van der Waals surface area contributed by atoms with E-state index in [1.807, 2.05) is 12.1 Å². The van der Waals surface area contributed by atoms with E-state index in [0.29, 0.717) is 36.0 Å². The van der Waals surface area contributed by atoms with Gasteiger partial charge in [0.2, 0.25) is 0 Å². The monoisotopic (exact) mass is 489 g/mol. The van der Waals surface area contributed by atoms with Crippen LogP contribution in [0.3, 0.4) is 0 Å². The van der Waals surface area contributed by atoms with Gasteiger partial charge in [-0.2, -0.15) is 0 Å². The van der Waals surface area contributed by atoms with Gasteiger partial charge in [-0.15, -0.1) is 0 Å². The van der Waals surface area contributed by atoms with Crippen molar-refractivity contribution in [3.8, 4) is 23.0 Å². The van der Waals surface area contributed by atoms with Crippen LogP contribution in [-0.2, 0) is 6.42 Å². The molecule has 3 atom stereocenters. The summed E-state index contributed by atoms with van der Waals surface area (Å²) in [6.45, 7) is 7.06. The second-order valence-electron chi connectivity index (χ2n) is 10.0. The van der Waals surface area contributed by atoms with Crippen molar-refractivity contribution in [2.24, 2.45) is 5.92 Å². The number of halogens is 1. The summed E-state index contributed by atoms with van der Waals surface area (Å²) in [6, 6.07) is 17.1. The van der Waals surface area contributed by atoms with E-state index in [2.05, 4.69) is 18.7 Å². The van der Waals surface area contributed by atoms with Crippen LogP contribution in [0.4, 0.5) is 4.39 Å². The van der Waals surface area contributed by atoms with Crippen molar-refractivity contribution in [3.63, 3.8) is 0 Å². The van der Waals surface area contributed by atoms with E-state index in [1.165, 1.54) is 12.5 Å². The van der Waals surface area contributed by atoms with Gasteiger partial charge in [-0.3, -0.25) is 4.90 Å². The Kier molecular flexibility index (Phi) is 6.88. The van der Waals surface area contributed by atoms with E-state index in [9.17, 15) is 10.2 Å². The molecular weight excluding hydrogens is 457 g/mol. The fraction of sp³-hybridized carbons (Fsp3) is 0.333. The highest BCUT2D eigenvalue weighted by molar-refractivity contribution is 5.66. The van der Waals surface area contributed by atoms with E-state index in [4.69, 9.17) is 9.47 Å². The molecular formula is C30H32FNO4. The molecule has 6 heteroatoms. The van der Waals surface area contributed by atoms with E-state index >= 15 is 4.39 Å². The highest BCUT2D eigenvalue weighted by atomic mass is 19.1. The highest BCUT2D eigenvalue weighted by Crippen LogP contribution is 2.41. The summed E-state index contributed by atoms with van der Waals surface area (Å²) in [6.07, 6.45) is 2.94. The molecule has 0 aromatic heterocycles. The molecule has 2 aliphatic rings. The standard InChI is InChI=1S/C30H32FNO4/c1-19-10-11-32(17-19)20(2)18-35-26-7-8-27(28(31)16-26)30-23(12-21-4-3-5-24(33)13-21)14-22-15-25(34)6-9-29(22)36-30/h3-9,13-16,19-20,30,33-34H,10-12,17-18H2,1-2H3/t19-,20+,30?/m1/s1. The first-order chi connectivity index (χ1) is 17.4. The first-order valence-electron chi connectivity index (χ1n) is 12.5. The van der Waals surface area contributed by atoms with Gasteiger partial charge in [0, 0.05) is 29.8 Å². The average molecular weight is 490 g/mol. The number of phenols is 2. The maximum absolute atomic E-state index is 15.4. The molecule has 1 saturated heterocycles. The van der Waals surface area contributed by atoms with E-state index < -0.39 is 11.9 Å². The number of nitrogens with zero attached hydrogens (tertiary/aromatic N) is 1. The lowest BCUT2D eigenvalue weighted by atomic mass is 9.91. The Morgan fingerprint density at radius 3 is 2.67 bits per heavy atom. The Hall–Kier alpha value is -3.51. The van der Waals surface area contributed by atoms with Crippen molar-refractivity contribution in [1.29, 1.82) is 0 Å². The summed E-state index contributed by atoms with van der Waals surface area (Å²) in [5, 5.41) is 19.8. The van der Waals surface area contributed by atoms with Crippen LogP contribution in [0.25, 0.3) is 6.08 Å². The summed E-state index contributed by atoms with van der Waals surface area (Å²) in [5.74, 6) is 1.68. The van der Waals surface area contributed by atoms with Crippen LogP contribution in [0.5, 0.6) is 23.0 Å². The van der Waals surface area contributed by atoms with Gasteiger partial charge in [-0.25, -0.2) is 4.39 Å². The molecule has 1 fully saturated rings. The highest BCUT2D eigenvalue weighted by Gasteiger charge is 2.28. The first-order valence-corrected chi connectivity index (χ1v) is 12.5. The minimum absolute atomic E-state index is 0.133. The Morgan fingerprint density at radius 2 is 1.92 bits per heavy atom. The van der Waals surface area contributed by atoms with Crippen molar-refractivity contribution >= 4 is 6.08 Å². The third-order valence-corrected chi connectivity index (χ3v) is 7.06. The Bertz CT molecular complexity index is 1270. The van der Waals surface area contributed by atoms with Gasteiger partial charge in [0.15, 0.2) is 0 Å². The number of rotatable bonds is 7. The molecule has 2 heterocycles. The quantitative estimate of drug-likeness (QED) is 0.420. The lowest BCUT2D eigenvalue weighted by molar-refractivity contribution is 0.168. The predicted octanol–water partition coefficient (Wildman–Crippen LogP) is 6.11.